The number of carboxylic acids is 1. The van der Waals surface area contributed by atoms with Crippen LogP contribution in [0.15, 0.2) is 24.3 Å². The molecule has 0 aromatic heterocycles. The van der Waals surface area contributed by atoms with E-state index in [2.05, 4.69) is 12.6 Å². The molecule has 1 aliphatic rings. The summed E-state index contributed by atoms with van der Waals surface area (Å²) in [5, 5.41) is 9.44. The van der Waals surface area contributed by atoms with Crippen LogP contribution in [0.3, 0.4) is 0 Å². The topological polar surface area (TPSA) is 57.6 Å². The number of nitrogens with zero attached hydrogens (tertiary/aromatic N) is 1. The predicted octanol–water partition coefficient (Wildman–Crippen LogP) is 2.15. The molecule has 0 spiro atoms. The quantitative estimate of drug-likeness (QED) is 0.840. The summed E-state index contributed by atoms with van der Waals surface area (Å²) in [5.74, 6) is -0.968. The Balaban J connectivity index is 2.43. The van der Waals surface area contributed by atoms with Crippen LogP contribution in [0.1, 0.15) is 31.0 Å². The molecule has 5 heteroatoms. The highest BCUT2D eigenvalue weighted by atomic mass is 32.1. The van der Waals surface area contributed by atoms with Gasteiger partial charge in [0.1, 0.15) is 6.04 Å². The number of thiol groups is 1. The van der Waals surface area contributed by atoms with Crippen molar-refractivity contribution in [2.24, 2.45) is 5.92 Å². The second kappa shape index (κ2) is 5.87. The van der Waals surface area contributed by atoms with Crippen LogP contribution < -0.4 is 0 Å². The first-order chi connectivity index (χ1) is 9.47. The molecule has 1 N–H and O–H groups in total. The first kappa shape index (κ1) is 14.9. The summed E-state index contributed by atoms with van der Waals surface area (Å²) in [7, 11) is 0. The molecule has 0 fully saturated rings. The first-order valence-corrected chi connectivity index (χ1v) is 7.34. The van der Waals surface area contributed by atoms with Gasteiger partial charge >= 0.3 is 5.97 Å². The number of benzene rings is 1. The first-order valence-electron chi connectivity index (χ1n) is 6.71. The fourth-order valence-corrected chi connectivity index (χ4v) is 2.89. The van der Waals surface area contributed by atoms with Crippen LogP contribution in [0, 0.1) is 5.92 Å². The Morgan fingerprint density at radius 1 is 1.45 bits per heavy atom. The zero-order valence-corrected chi connectivity index (χ0v) is 12.5. The monoisotopic (exact) mass is 293 g/mol. The van der Waals surface area contributed by atoms with Crippen molar-refractivity contribution in [3.8, 4) is 0 Å². The van der Waals surface area contributed by atoms with Gasteiger partial charge in [-0.05, 0) is 18.1 Å². The van der Waals surface area contributed by atoms with Crippen molar-refractivity contribution in [1.29, 1.82) is 0 Å². The molecular weight excluding hydrogens is 274 g/mol. The van der Waals surface area contributed by atoms with Gasteiger partial charge in [-0.2, -0.15) is 12.6 Å². The number of carbonyl (C=O) groups excluding carboxylic acids is 1. The van der Waals surface area contributed by atoms with Crippen LogP contribution >= 0.6 is 12.6 Å². The van der Waals surface area contributed by atoms with Gasteiger partial charge in [0.05, 0.1) is 6.04 Å². The third-order valence-electron chi connectivity index (χ3n) is 3.91. The largest absolute Gasteiger partial charge is 0.480 e. The van der Waals surface area contributed by atoms with Crippen LogP contribution in [0.25, 0.3) is 0 Å². The van der Waals surface area contributed by atoms with E-state index in [0.717, 1.165) is 11.1 Å². The van der Waals surface area contributed by atoms with E-state index in [0.29, 0.717) is 12.2 Å². The summed E-state index contributed by atoms with van der Waals surface area (Å²) in [6, 6.07) is 6.69. The van der Waals surface area contributed by atoms with Crippen LogP contribution in [0.4, 0.5) is 0 Å². The van der Waals surface area contributed by atoms with E-state index in [1.807, 2.05) is 31.2 Å². The minimum absolute atomic E-state index is 0.144. The van der Waals surface area contributed by atoms with E-state index in [-0.39, 0.29) is 17.9 Å². The van der Waals surface area contributed by atoms with Gasteiger partial charge in [0, 0.05) is 18.1 Å². The molecule has 0 radical (unpaired) electrons. The van der Waals surface area contributed by atoms with Gasteiger partial charge in [-0.25, -0.2) is 4.79 Å². The second-order valence-corrected chi connectivity index (χ2v) is 5.63. The summed E-state index contributed by atoms with van der Waals surface area (Å²) < 4.78 is 0. The molecule has 2 rings (SSSR count). The number of hydrogen-bond donors (Lipinski definition) is 2. The molecule has 4 nitrogen and oxygen atoms in total. The number of aliphatic carboxylic acids is 1. The van der Waals surface area contributed by atoms with Crippen LogP contribution in [-0.2, 0) is 16.0 Å². The third kappa shape index (κ3) is 2.54. The van der Waals surface area contributed by atoms with E-state index in [9.17, 15) is 14.7 Å². The zero-order valence-electron chi connectivity index (χ0n) is 11.6. The van der Waals surface area contributed by atoms with Crippen molar-refractivity contribution in [3.05, 3.63) is 35.4 Å². The standard InChI is InChI=1S/C15H19NO3S/c1-9(8-20)14(17)16-10(2)12-6-4-3-5-11(12)7-13(16)15(18)19/h3-6,9-10,13,20H,7-8H2,1-2H3,(H,18,19). The molecule has 1 aromatic carbocycles. The molecule has 1 amide bonds. The molecule has 0 saturated carbocycles. The number of fused-ring (bicyclic) bond motifs is 1. The lowest BCUT2D eigenvalue weighted by atomic mass is 9.88. The van der Waals surface area contributed by atoms with Crippen molar-refractivity contribution in [2.45, 2.75) is 32.4 Å². The molecule has 0 saturated heterocycles. The van der Waals surface area contributed by atoms with Gasteiger partial charge in [0.25, 0.3) is 0 Å². The summed E-state index contributed by atoms with van der Waals surface area (Å²) in [6.45, 7) is 3.67. The highest BCUT2D eigenvalue weighted by molar-refractivity contribution is 7.80. The molecule has 20 heavy (non-hydrogen) atoms. The maximum Gasteiger partial charge on any atom is 0.326 e. The molecule has 0 bridgehead atoms. The summed E-state index contributed by atoms with van der Waals surface area (Å²) in [5.41, 5.74) is 2.04. The smallest absolute Gasteiger partial charge is 0.326 e. The number of carbonyl (C=O) groups is 2. The van der Waals surface area contributed by atoms with Crippen molar-refractivity contribution in [1.82, 2.24) is 4.90 Å². The number of rotatable bonds is 3. The van der Waals surface area contributed by atoms with Crippen molar-refractivity contribution < 1.29 is 14.7 Å². The van der Waals surface area contributed by atoms with Crippen LogP contribution in [0.5, 0.6) is 0 Å². The summed E-state index contributed by atoms with van der Waals surface area (Å²) in [6.07, 6.45) is 0.362. The lowest BCUT2D eigenvalue weighted by Crippen LogP contribution is -2.52. The average molecular weight is 293 g/mol. The molecule has 1 aromatic rings. The Kier molecular flexibility index (Phi) is 4.38. The number of amides is 1. The van der Waals surface area contributed by atoms with Gasteiger partial charge < -0.3 is 10.0 Å². The van der Waals surface area contributed by atoms with E-state index < -0.39 is 12.0 Å². The molecule has 3 atom stereocenters. The average Bonchev–Trinajstić information content (AvgIpc) is 2.45. The van der Waals surface area contributed by atoms with Crippen molar-refractivity contribution in [3.63, 3.8) is 0 Å². The van der Waals surface area contributed by atoms with Crippen LogP contribution in [0.2, 0.25) is 0 Å². The van der Waals surface area contributed by atoms with E-state index in [1.165, 1.54) is 4.90 Å². The Labute approximate surface area is 124 Å². The Hall–Kier alpha value is -1.49. The second-order valence-electron chi connectivity index (χ2n) is 5.26. The fraction of sp³-hybridized carbons (Fsp3) is 0.467. The van der Waals surface area contributed by atoms with Gasteiger partial charge in [0.2, 0.25) is 5.91 Å². The lowest BCUT2D eigenvalue weighted by molar-refractivity contribution is -0.154. The molecule has 3 unspecified atom stereocenters. The fourth-order valence-electron chi connectivity index (χ4n) is 2.74. The Bertz CT molecular complexity index is 532. The highest BCUT2D eigenvalue weighted by Gasteiger charge is 2.39. The van der Waals surface area contributed by atoms with Gasteiger partial charge in [-0.1, -0.05) is 31.2 Å². The lowest BCUT2D eigenvalue weighted by Gasteiger charge is -2.41. The molecular formula is C15H19NO3S. The minimum atomic E-state index is -0.953. The summed E-state index contributed by atoms with van der Waals surface area (Å²) in [4.78, 5) is 25.5. The number of hydrogen-bond acceptors (Lipinski definition) is 3. The normalized spacial score (nSPS) is 23.1. The van der Waals surface area contributed by atoms with Gasteiger partial charge in [-0.3, -0.25) is 4.79 Å². The molecule has 0 aliphatic carbocycles. The molecule has 1 heterocycles. The maximum atomic E-state index is 12.5. The third-order valence-corrected chi connectivity index (χ3v) is 4.45. The van der Waals surface area contributed by atoms with Gasteiger partial charge in [-0.15, -0.1) is 0 Å². The van der Waals surface area contributed by atoms with E-state index in [4.69, 9.17) is 0 Å². The molecule has 108 valence electrons. The minimum Gasteiger partial charge on any atom is -0.480 e. The van der Waals surface area contributed by atoms with E-state index >= 15 is 0 Å². The number of carboxylic acid groups (broad SMARTS) is 1. The summed E-state index contributed by atoms with van der Waals surface area (Å²) >= 11 is 4.15. The molecule has 1 aliphatic heterocycles. The SMILES string of the molecule is CC(CS)C(=O)N1C(C(=O)O)Cc2ccccc2C1C. The zero-order chi connectivity index (χ0) is 14.9. The predicted molar refractivity (Wildman–Crippen MR) is 79.8 cm³/mol. The Morgan fingerprint density at radius 3 is 2.70 bits per heavy atom. The van der Waals surface area contributed by atoms with Gasteiger partial charge in [0.15, 0.2) is 0 Å². The van der Waals surface area contributed by atoms with E-state index in [1.54, 1.807) is 6.92 Å². The highest BCUT2D eigenvalue weighted by Crippen LogP contribution is 2.34. The van der Waals surface area contributed by atoms with Crippen LogP contribution in [-0.4, -0.2) is 33.7 Å². The van der Waals surface area contributed by atoms with Crippen molar-refractivity contribution >= 4 is 24.5 Å². The maximum absolute atomic E-state index is 12.5. The Morgan fingerprint density at radius 2 is 2.10 bits per heavy atom. The van der Waals surface area contributed by atoms with Crippen molar-refractivity contribution in [2.75, 3.05) is 5.75 Å².